The van der Waals surface area contributed by atoms with E-state index in [0.717, 1.165) is 29.5 Å². The highest BCUT2D eigenvalue weighted by Gasteiger charge is 2.20. The lowest BCUT2D eigenvalue weighted by atomic mass is 9.89. The summed E-state index contributed by atoms with van der Waals surface area (Å²) in [6.45, 7) is 14.6. The standard InChI is InChI=1S/C19H20Cl2S.C11H23N/c1-5-7-15(16-8-6-9-17(20)19(16)21)18(12(2)3)14-10-11-22-13(14)4;1-4-10(2)9-11-7-5-6-8-12(11)3/h6-11H,5H2,1-4H3;10-11H,4-9H2,1-3H3/b15-7+;. The molecule has 2 unspecified atom stereocenters. The fourth-order valence-electron chi connectivity index (χ4n) is 4.66. The van der Waals surface area contributed by atoms with Gasteiger partial charge >= 0.3 is 0 Å². The normalized spacial score (nSPS) is 17.7. The molecule has 1 saturated heterocycles. The van der Waals surface area contributed by atoms with Crippen LogP contribution in [0.3, 0.4) is 0 Å². The first-order chi connectivity index (χ1) is 16.2. The van der Waals surface area contributed by atoms with Crippen LogP contribution < -0.4 is 0 Å². The smallest absolute Gasteiger partial charge is 0.0670 e. The number of benzene rings is 1. The molecule has 0 N–H and O–H groups in total. The SMILES string of the molecule is CC/C=C(/C(=C(C)C)c1ccsc1C)c1cccc(Cl)c1Cl.CCC(C)CC1CCCCN1C. The average Bonchev–Trinajstić information content (AvgIpc) is 3.22. The molecule has 2 heterocycles. The second-order valence-corrected chi connectivity index (χ2v) is 11.7. The molecule has 0 bridgehead atoms. The molecule has 1 aliphatic rings. The van der Waals surface area contributed by atoms with E-state index in [2.05, 4.69) is 71.0 Å². The van der Waals surface area contributed by atoms with Crippen molar-refractivity contribution in [3.05, 3.63) is 67.3 Å². The summed E-state index contributed by atoms with van der Waals surface area (Å²) in [5.74, 6) is 0.913. The van der Waals surface area contributed by atoms with Crippen molar-refractivity contribution >= 4 is 45.7 Å². The maximum atomic E-state index is 6.48. The molecule has 3 rings (SSSR count). The van der Waals surface area contributed by atoms with Gasteiger partial charge in [0.2, 0.25) is 0 Å². The molecule has 1 fully saturated rings. The number of rotatable bonds is 7. The Bertz CT molecular complexity index is 968. The zero-order chi connectivity index (χ0) is 25.3. The lowest BCUT2D eigenvalue weighted by Crippen LogP contribution is -2.37. The third kappa shape index (κ3) is 7.98. The predicted octanol–water partition coefficient (Wildman–Crippen LogP) is 10.6. The molecule has 4 heteroatoms. The van der Waals surface area contributed by atoms with Crippen LogP contribution in [-0.2, 0) is 0 Å². The largest absolute Gasteiger partial charge is 0.303 e. The molecule has 0 spiro atoms. The van der Waals surface area contributed by atoms with Crippen LogP contribution in [-0.4, -0.2) is 24.5 Å². The lowest BCUT2D eigenvalue weighted by Gasteiger charge is -2.34. The molecule has 1 aromatic carbocycles. The second-order valence-electron chi connectivity index (χ2n) is 9.77. The van der Waals surface area contributed by atoms with E-state index in [1.807, 2.05) is 18.2 Å². The Labute approximate surface area is 222 Å². The Balaban J connectivity index is 0.000000287. The number of thiophene rings is 1. The fraction of sp³-hybridized carbons (Fsp3) is 0.533. The Kier molecular flexibility index (Phi) is 12.4. The van der Waals surface area contributed by atoms with Gasteiger partial charge in [-0.15, -0.1) is 11.3 Å². The van der Waals surface area contributed by atoms with Crippen LogP contribution >= 0.6 is 34.5 Å². The minimum Gasteiger partial charge on any atom is -0.303 e. The van der Waals surface area contributed by atoms with Gasteiger partial charge in [-0.3, -0.25) is 0 Å². The highest BCUT2D eigenvalue weighted by Crippen LogP contribution is 2.41. The molecule has 2 atom stereocenters. The molecule has 0 saturated carbocycles. The van der Waals surface area contributed by atoms with E-state index < -0.39 is 0 Å². The van der Waals surface area contributed by atoms with E-state index in [0.29, 0.717) is 10.0 Å². The van der Waals surface area contributed by atoms with Crippen LogP contribution in [0.15, 0.2) is 41.3 Å². The van der Waals surface area contributed by atoms with E-state index in [4.69, 9.17) is 23.2 Å². The third-order valence-corrected chi connectivity index (χ3v) is 8.50. The van der Waals surface area contributed by atoms with Crippen LogP contribution in [0.4, 0.5) is 0 Å². The highest BCUT2D eigenvalue weighted by molar-refractivity contribution is 7.10. The van der Waals surface area contributed by atoms with Crippen LogP contribution in [0, 0.1) is 12.8 Å². The molecule has 1 aliphatic heterocycles. The molecule has 0 radical (unpaired) electrons. The summed E-state index contributed by atoms with van der Waals surface area (Å²) >= 11 is 14.5. The van der Waals surface area contributed by atoms with Gasteiger partial charge in [-0.25, -0.2) is 0 Å². The number of aryl methyl sites for hydroxylation is 1. The molecule has 2 aromatic rings. The van der Waals surface area contributed by atoms with Crippen molar-refractivity contribution in [3.63, 3.8) is 0 Å². The summed E-state index contributed by atoms with van der Waals surface area (Å²) in [4.78, 5) is 3.87. The molecule has 188 valence electrons. The zero-order valence-corrected chi connectivity index (χ0v) is 24.5. The number of hydrogen-bond donors (Lipinski definition) is 0. The minimum absolute atomic E-state index is 0.594. The van der Waals surface area contributed by atoms with E-state index in [-0.39, 0.29) is 0 Å². The molecule has 0 amide bonds. The summed E-state index contributed by atoms with van der Waals surface area (Å²) in [7, 11) is 2.28. The Morgan fingerprint density at radius 3 is 2.44 bits per heavy atom. The van der Waals surface area contributed by atoms with Gasteiger partial charge in [0.05, 0.1) is 10.0 Å². The van der Waals surface area contributed by atoms with Crippen molar-refractivity contribution in [1.29, 1.82) is 0 Å². The van der Waals surface area contributed by atoms with Crippen LogP contribution in [0.2, 0.25) is 10.0 Å². The van der Waals surface area contributed by atoms with Gasteiger partial charge in [-0.1, -0.05) is 80.6 Å². The van der Waals surface area contributed by atoms with Gasteiger partial charge in [0, 0.05) is 16.5 Å². The third-order valence-electron chi connectivity index (χ3n) is 6.84. The van der Waals surface area contributed by atoms with Crippen molar-refractivity contribution in [1.82, 2.24) is 4.90 Å². The van der Waals surface area contributed by atoms with E-state index in [1.165, 1.54) is 60.2 Å². The number of nitrogens with zero attached hydrogens (tertiary/aromatic N) is 1. The maximum absolute atomic E-state index is 6.48. The molecule has 1 aromatic heterocycles. The van der Waals surface area contributed by atoms with Crippen LogP contribution in [0.25, 0.3) is 11.1 Å². The topological polar surface area (TPSA) is 3.24 Å². The zero-order valence-electron chi connectivity index (χ0n) is 22.2. The molecular formula is C30H43Cl2NS. The lowest BCUT2D eigenvalue weighted by molar-refractivity contribution is 0.159. The first-order valence-electron chi connectivity index (χ1n) is 12.8. The first-order valence-corrected chi connectivity index (χ1v) is 14.4. The molecule has 0 aliphatic carbocycles. The van der Waals surface area contributed by atoms with Crippen molar-refractivity contribution in [2.24, 2.45) is 5.92 Å². The Morgan fingerprint density at radius 1 is 1.15 bits per heavy atom. The van der Waals surface area contributed by atoms with Gasteiger partial charge in [0.15, 0.2) is 0 Å². The van der Waals surface area contributed by atoms with Crippen molar-refractivity contribution in [3.8, 4) is 0 Å². The van der Waals surface area contributed by atoms with Crippen LogP contribution in [0.1, 0.15) is 89.1 Å². The number of likely N-dealkylation sites (tertiary alicyclic amines) is 1. The van der Waals surface area contributed by atoms with E-state index in [1.54, 1.807) is 11.3 Å². The Hall–Kier alpha value is -1.06. The predicted molar refractivity (Wildman–Crippen MR) is 156 cm³/mol. The first kappa shape index (κ1) is 29.2. The van der Waals surface area contributed by atoms with Gasteiger partial charge in [0.25, 0.3) is 0 Å². The van der Waals surface area contributed by atoms with E-state index >= 15 is 0 Å². The molecule has 1 nitrogen and oxygen atoms in total. The van der Waals surface area contributed by atoms with Gasteiger partial charge in [-0.05, 0) is 100 Å². The number of piperidine rings is 1. The summed E-state index contributed by atoms with van der Waals surface area (Å²) in [5, 5.41) is 3.35. The van der Waals surface area contributed by atoms with Gasteiger partial charge in [-0.2, -0.15) is 0 Å². The Morgan fingerprint density at radius 2 is 1.88 bits per heavy atom. The monoisotopic (exact) mass is 519 g/mol. The quantitative estimate of drug-likeness (QED) is 0.328. The summed E-state index contributed by atoms with van der Waals surface area (Å²) < 4.78 is 0. The van der Waals surface area contributed by atoms with Crippen molar-refractivity contribution < 1.29 is 0 Å². The summed E-state index contributed by atoms with van der Waals surface area (Å²) in [6.07, 6.45) is 10.2. The number of allylic oxidation sites excluding steroid dienone is 4. The van der Waals surface area contributed by atoms with Crippen LogP contribution in [0.5, 0.6) is 0 Å². The van der Waals surface area contributed by atoms with Gasteiger partial charge in [0.1, 0.15) is 0 Å². The minimum atomic E-state index is 0.594. The highest BCUT2D eigenvalue weighted by atomic mass is 35.5. The number of hydrogen-bond acceptors (Lipinski definition) is 2. The van der Waals surface area contributed by atoms with Crippen molar-refractivity contribution in [2.75, 3.05) is 13.6 Å². The fourth-order valence-corrected chi connectivity index (χ4v) is 5.77. The maximum Gasteiger partial charge on any atom is 0.0670 e. The average molecular weight is 521 g/mol. The van der Waals surface area contributed by atoms with Crippen molar-refractivity contribution in [2.45, 2.75) is 86.1 Å². The van der Waals surface area contributed by atoms with Gasteiger partial charge < -0.3 is 4.90 Å². The second kappa shape index (κ2) is 14.5. The summed E-state index contributed by atoms with van der Waals surface area (Å²) in [6, 6.07) is 8.89. The summed E-state index contributed by atoms with van der Waals surface area (Å²) in [5.41, 5.74) is 5.97. The van der Waals surface area contributed by atoms with E-state index in [9.17, 15) is 0 Å². The number of halogens is 2. The molecule has 34 heavy (non-hydrogen) atoms. The molecular weight excluding hydrogens is 477 g/mol.